The summed E-state index contributed by atoms with van der Waals surface area (Å²) in [5.41, 5.74) is 1.74. The molecule has 0 aromatic heterocycles. The maximum absolute atomic E-state index is 13.3. The number of carbonyl (C=O) groups is 1. The summed E-state index contributed by atoms with van der Waals surface area (Å²) in [5, 5.41) is 2.72. The van der Waals surface area contributed by atoms with Gasteiger partial charge in [-0.25, -0.2) is 21.6 Å². The van der Waals surface area contributed by atoms with Crippen molar-refractivity contribution in [2.24, 2.45) is 5.92 Å². The number of piperidine rings is 1. The molecule has 0 radical (unpaired) electrons. The van der Waals surface area contributed by atoms with E-state index in [1.165, 1.54) is 23.5 Å². The van der Waals surface area contributed by atoms with Crippen LogP contribution in [0.25, 0.3) is 0 Å². The van der Waals surface area contributed by atoms with Gasteiger partial charge in [0.05, 0.1) is 17.9 Å². The number of amides is 1. The second kappa shape index (κ2) is 10.9. The van der Waals surface area contributed by atoms with Crippen molar-refractivity contribution >= 4 is 26.0 Å². The minimum atomic E-state index is -3.84. The zero-order valence-corrected chi connectivity index (χ0v) is 21.2. The number of methoxy groups -OCH3 is 1. The highest BCUT2D eigenvalue weighted by atomic mass is 32.2. The highest BCUT2D eigenvalue weighted by Crippen LogP contribution is 2.30. The summed E-state index contributed by atoms with van der Waals surface area (Å²) in [6.07, 6.45) is 1.10. The number of sulfonamides is 2. The Morgan fingerprint density at radius 1 is 1.03 bits per heavy atom. The highest BCUT2D eigenvalue weighted by Gasteiger charge is 2.34. The maximum atomic E-state index is 13.3. The molecule has 2 N–H and O–H groups in total. The molecule has 1 fully saturated rings. The first-order chi connectivity index (χ1) is 16.0. The van der Waals surface area contributed by atoms with Crippen molar-refractivity contribution in [2.45, 2.75) is 36.5 Å². The zero-order valence-electron chi connectivity index (χ0n) is 19.6. The van der Waals surface area contributed by atoms with E-state index >= 15 is 0 Å². The first-order valence-electron chi connectivity index (χ1n) is 11.0. The van der Waals surface area contributed by atoms with Crippen molar-refractivity contribution in [1.29, 1.82) is 0 Å². The fourth-order valence-corrected chi connectivity index (χ4v) is 6.61. The van der Waals surface area contributed by atoms with Gasteiger partial charge in [-0.15, -0.1) is 0 Å². The molecule has 3 rings (SSSR count). The Labute approximate surface area is 201 Å². The fourth-order valence-electron chi connectivity index (χ4n) is 3.82. The number of benzene rings is 2. The van der Waals surface area contributed by atoms with Crippen LogP contribution in [-0.4, -0.2) is 60.3 Å². The highest BCUT2D eigenvalue weighted by molar-refractivity contribution is 7.89. The van der Waals surface area contributed by atoms with Crippen molar-refractivity contribution in [3.05, 3.63) is 53.6 Å². The maximum Gasteiger partial charge on any atom is 0.246 e. The average Bonchev–Trinajstić information content (AvgIpc) is 2.82. The van der Waals surface area contributed by atoms with Gasteiger partial charge in [0.25, 0.3) is 0 Å². The van der Waals surface area contributed by atoms with E-state index in [0.717, 1.165) is 11.1 Å². The van der Waals surface area contributed by atoms with E-state index in [9.17, 15) is 21.6 Å². The van der Waals surface area contributed by atoms with Gasteiger partial charge in [0.2, 0.25) is 26.0 Å². The number of ether oxygens (including phenoxy) is 1. The summed E-state index contributed by atoms with van der Waals surface area (Å²) in [5.74, 6) is -0.559. The number of hydrogen-bond donors (Lipinski definition) is 2. The van der Waals surface area contributed by atoms with E-state index in [-0.39, 0.29) is 41.1 Å². The second-order valence-electron chi connectivity index (χ2n) is 8.36. The lowest BCUT2D eigenvalue weighted by atomic mass is 9.99. The SMILES string of the molecule is COc1ccc(C)cc1S(=O)(=O)N1CCCC(C(=O)NCCNS(=O)(=O)c2ccc(C)cc2)C1. The topological polar surface area (TPSA) is 122 Å². The number of nitrogens with zero attached hydrogens (tertiary/aromatic N) is 1. The van der Waals surface area contributed by atoms with E-state index in [1.807, 2.05) is 6.92 Å². The number of nitrogens with one attached hydrogen (secondary N) is 2. The number of rotatable bonds is 9. The summed E-state index contributed by atoms with van der Waals surface area (Å²) < 4.78 is 60.2. The molecule has 11 heteroatoms. The summed E-state index contributed by atoms with van der Waals surface area (Å²) in [6.45, 7) is 4.17. The smallest absolute Gasteiger partial charge is 0.246 e. The molecule has 1 heterocycles. The first kappa shape index (κ1) is 26.1. The minimum absolute atomic E-state index is 0.0250. The molecule has 0 aliphatic carbocycles. The van der Waals surface area contributed by atoms with Crippen molar-refractivity contribution in [3.8, 4) is 5.75 Å². The molecule has 2 aromatic rings. The largest absolute Gasteiger partial charge is 0.495 e. The monoisotopic (exact) mass is 509 g/mol. The van der Waals surface area contributed by atoms with Gasteiger partial charge in [-0.05, 0) is 56.5 Å². The van der Waals surface area contributed by atoms with Crippen LogP contribution >= 0.6 is 0 Å². The van der Waals surface area contributed by atoms with Gasteiger partial charge in [-0.2, -0.15) is 4.31 Å². The Hall–Kier alpha value is -2.47. The van der Waals surface area contributed by atoms with E-state index in [1.54, 1.807) is 37.3 Å². The molecular formula is C23H31N3O6S2. The van der Waals surface area contributed by atoms with E-state index in [4.69, 9.17) is 4.74 Å². The van der Waals surface area contributed by atoms with Crippen LogP contribution in [0.2, 0.25) is 0 Å². The third-order valence-electron chi connectivity index (χ3n) is 5.74. The molecule has 1 atom stereocenters. The molecule has 1 aliphatic heterocycles. The zero-order chi connectivity index (χ0) is 24.9. The van der Waals surface area contributed by atoms with Gasteiger partial charge in [0, 0.05) is 26.2 Å². The normalized spacial score (nSPS) is 17.3. The predicted molar refractivity (Wildman–Crippen MR) is 129 cm³/mol. The van der Waals surface area contributed by atoms with Gasteiger partial charge in [-0.1, -0.05) is 23.8 Å². The summed E-state index contributed by atoms with van der Waals surface area (Å²) in [6, 6.07) is 11.4. The number of hydrogen-bond acceptors (Lipinski definition) is 6. The van der Waals surface area contributed by atoms with Crippen molar-refractivity contribution in [1.82, 2.24) is 14.3 Å². The Morgan fingerprint density at radius 3 is 2.38 bits per heavy atom. The van der Waals surface area contributed by atoms with Gasteiger partial charge in [0.1, 0.15) is 10.6 Å². The Morgan fingerprint density at radius 2 is 1.71 bits per heavy atom. The van der Waals surface area contributed by atoms with E-state index in [0.29, 0.717) is 19.4 Å². The molecule has 0 spiro atoms. The van der Waals surface area contributed by atoms with Crippen LogP contribution in [0.3, 0.4) is 0 Å². The molecule has 186 valence electrons. The quantitative estimate of drug-likeness (QED) is 0.497. The Balaban J connectivity index is 1.57. The Bertz CT molecular complexity index is 1230. The lowest BCUT2D eigenvalue weighted by Gasteiger charge is -2.31. The lowest BCUT2D eigenvalue weighted by Crippen LogP contribution is -2.46. The van der Waals surface area contributed by atoms with Crippen LogP contribution in [0.15, 0.2) is 52.3 Å². The third kappa shape index (κ3) is 6.15. The molecule has 0 bridgehead atoms. The van der Waals surface area contributed by atoms with Gasteiger partial charge < -0.3 is 10.1 Å². The van der Waals surface area contributed by atoms with Crippen LogP contribution in [0.1, 0.15) is 24.0 Å². The van der Waals surface area contributed by atoms with Gasteiger partial charge >= 0.3 is 0 Å². The van der Waals surface area contributed by atoms with Gasteiger partial charge in [-0.3, -0.25) is 4.79 Å². The van der Waals surface area contributed by atoms with E-state index in [2.05, 4.69) is 10.0 Å². The first-order valence-corrected chi connectivity index (χ1v) is 14.0. The van der Waals surface area contributed by atoms with Crippen molar-refractivity contribution < 1.29 is 26.4 Å². The van der Waals surface area contributed by atoms with Crippen LogP contribution in [0.4, 0.5) is 0 Å². The van der Waals surface area contributed by atoms with E-state index < -0.39 is 26.0 Å². The van der Waals surface area contributed by atoms with Crippen LogP contribution in [-0.2, 0) is 24.8 Å². The summed E-state index contributed by atoms with van der Waals surface area (Å²) >= 11 is 0. The second-order valence-corrected chi connectivity index (χ2v) is 12.0. The molecule has 2 aromatic carbocycles. The lowest BCUT2D eigenvalue weighted by molar-refractivity contribution is -0.126. The van der Waals surface area contributed by atoms with Crippen molar-refractivity contribution in [3.63, 3.8) is 0 Å². The molecule has 1 amide bonds. The third-order valence-corrected chi connectivity index (χ3v) is 9.10. The van der Waals surface area contributed by atoms with Gasteiger partial charge in [0.15, 0.2) is 0 Å². The minimum Gasteiger partial charge on any atom is -0.495 e. The van der Waals surface area contributed by atoms with Crippen LogP contribution in [0, 0.1) is 19.8 Å². The fraction of sp³-hybridized carbons (Fsp3) is 0.435. The van der Waals surface area contributed by atoms with Crippen molar-refractivity contribution in [2.75, 3.05) is 33.3 Å². The average molecular weight is 510 g/mol. The molecule has 0 saturated carbocycles. The molecule has 9 nitrogen and oxygen atoms in total. The molecular weight excluding hydrogens is 478 g/mol. The summed E-state index contributed by atoms with van der Waals surface area (Å²) in [7, 11) is -6.08. The number of carbonyl (C=O) groups excluding carboxylic acids is 1. The standard InChI is InChI=1S/C23H31N3O6S2/c1-17-6-9-20(10-7-17)33(28,29)25-13-12-24-23(27)19-5-4-14-26(16-19)34(30,31)22-15-18(2)8-11-21(22)32-3/h6-11,15,19,25H,4-5,12-14,16H2,1-3H3,(H,24,27). The van der Waals surface area contributed by atoms with Crippen LogP contribution in [0.5, 0.6) is 5.75 Å². The Kier molecular flexibility index (Phi) is 8.34. The van der Waals surface area contributed by atoms with Crippen LogP contribution < -0.4 is 14.8 Å². The molecule has 1 saturated heterocycles. The predicted octanol–water partition coefficient (Wildman–Crippen LogP) is 1.81. The number of aryl methyl sites for hydroxylation is 2. The molecule has 34 heavy (non-hydrogen) atoms. The molecule has 1 unspecified atom stereocenters. The molecule has 1 aliphatic rings. The summed E-state index contributed by atoms with van der Waals surface area (Å²) in [4.78, 5) is 12.9.